The first-order valence-corrected chi connectivity index (χ1v) is 9.79. The molecule has 4 aromatic rings. The second kappa shape index (κ2) is 6.24. The van der Waals surface area contributed by atoms with Gasteiger partial charge < -0.3 is 13.9 Å². The van der Waals surface area contributed by atoms with Gasteiger partial charge in [-0.3, -0.25) is 4.79 Å². The summed E-state index contributed by atoms with van der Waals surface area (Å²) in [6.45, 7) is 0.255. The highest BCUT2D eigenvalue weighted by molar-refractivity contribution is 6.06. The van der Waals surface area contributed by atoms with Crippen LogP contribution in [0, 0.1) is 0 Å². The van der Waals surface area contributed by atoms with Gasteiger partial charge in [-0.15, -0.1) is 0 Å². The van der Waals surface area contributed by atoms with Crippen LogP contribution in [0.4, 0.5) is 0 Å². The molecule has 0 bridgehead atoms. The second-order valence-electron chi connectivity index (χ2n) is 7.66. The van der Waals surface area contributed by atoms with E-state index in [1.807, 2.05) is 36.4 Å². The lowest BCUT2D eigenvalue weighted by molar-refractivity contribution is -0.115. The largest absolute Gasteiger partial charge is 0.456 e. The van der Waals surface area contributed by atoms with E-state index in [4.69, 9.17) is 13.9 Å². The maximum absolute atomic E-state index is 12.5. The summed E-state index contributed by atoms with van der Waals surface area (Å²) in [4.78, 5) is 12.5. The number of benzene rings is 3. The minimum Gasteiger partial charge on any atom is -0.456 e. The Morgan fingerprint density at radius 1 is 0.793 bits per heavy atom. The third-order valence-electron chi connectivity index (χ3n) is 5.87. The van der Waals surface area contributed by atoms with Crippen molar-refractivity contribution in [2.45, 2.75) is 18.8 Å². The van der Waals surface area contributed by atoms with Gasteiger partial charge in [-0.25, -0.2) is 0 Å². The van der Waals surface area contributed by atoms with Gasteiger partial charge in [-0.1, -0.05) is 30.3 Å². The summed E-state index contributed by atoms with van der Waals surface area (Å²) in [6.07, 6.45) is 3.10. The Morgan fingerprint density at radius 2 is 1.66 bits per heavy atom. The fourth-order valence-corrected chi connectivity index (χ4v) is 4.42. The molecule has 2 heterocycles. The summed E-state index contributed by atoms with van der Waals surface area (Å²) < 4.78 is 16.9. The lowest BCUT2D eigenvalue weighted by Gasteiger charge is -2.23. The molecule has 0 saturated heterocycles. The van der Waals surface area contributed by atoms with Crippen molar-refractivity contribution in [3.63, 3.8) is 0 Å². The molecule has 1 aliphatic heterocycles. The number of para-hydroxylation sites is 1. The Morgan fingerprint density at radius 3 is 2.62 bits per heavy atom. The maximum atomic E-state index is 12.5. The number of hydrogen-bond donors (Lipinski definition) is 0. The van der Waals surface area contributed by atoms with E-state index in [0.29, 0.717) is 6.42 Å². The predicted molar refractivity (Wildman–Crippen MR) is 111 cm³/mol. The van der Waals surface area contributed by atoms with Gasteiger partial charge in [0.15, 0.2) is 17.3 Å². The van der Waals surface area contributed by atoms with Crippen molar-refractivity contribution in [2.75, 3.05) is 6.79 Å². The van der Waals surface area contributed by atoms with Crippen LogP contribution < -0.4 is 9.47 Å². The molecular weight excluding hydrogens is 364 g/mol. The molecule has 4 heteroatoms. The molecule has 1 aliphatic carbocycles. The van der Waals surface area contributed by atoms with Gasteiger partial charge in [-0.2, -0.15) is 0 Å². The summed E-state index contributed by atoms with van der Waals surface area (Å²) in [7, 11) is 0. The standard InChI is InChI=1S/C25H18O4/c26-19-10-17(9-18(11-19)16-6-8-23-25(13-16)28-14-27-23)15-5-7-21-20-3-1-2-4-22(20)29-24(21)12-15/h1-8,10,12-13,18H,9,11,14H2/t18-/m1/s1. The summed E-state index contributed by atoms with van der Waals surface area (Å²) in [5.74, 6) is 1.80. The smallest absolute Gasteiger partial charge is 0.231 e. The fraction of sp³-hybridized carbons (Fsp3) is 0.160. The Balaban J connectivity index is 1.37. The first-order chi connectivity index (χ1) is 14.2. The molecule has 29 heavy (non-hydrogen) atoms. The molecule has 1 atom stereocenters. The number of ether oxygens (including phenoxy) is 2. The first-order valence-electron chi connectivity index (χ1n) is 9.79. The van der Waals surface area contributed by atoms with Crippen LogP contribution in [-0.2, 0) is 4.79 Å². The summed E-state index contributed by atoms with van der Waals surface area (Å²) >= 11 is 0. The monoisotopic (exact) mass is 382 g/mol. The Kier molecular flexibility index (Phi) is 3.54. The van der Waals surface area contributed by atoms with Gasteiger partial charge >= 0.3 is 0 Å². The van der Waals surface area contributed by atoms with Crippen molar-refractivity contribution in [2.24, 2.45) is 0 Å². The van der Waals surface area contributed by atoms with E-state index in [-0.39, 0.29) is 18.5 Å². The van der Waals surface area contributed by atoms with Crippen molar-refractivity contribution in [3.05, 3.63) is 77.9 Å². The van der Waals surface area contributed by atoms with Crippen LogP contribution >= 0.6 is 0 Å². The van der Waals surface area contributed by atoms with Crippen LogP contribution in [0.3, 0.4) is 0 Å². The Hall–Kier alpha value is -3.53. The lowest BCUT2D eigenvalue weighted by Crippen LogP contribution is -2.12. The Bertz CT molecular complexity index is 1310. The number of allylic oxidation sites excluding steroid dienone is 2. The molecule has 2 aliphatic rings. The van der Waals surface area contributed by atoms with Crippen LogP contribution in [0.2, 0.25) is 0 Å². The molecule has 1 aromatic heterocycles. The molecule has 3 aromatic carbocycles. The zero-order chi connectivity index (χ0) is 19.4. The topological polar surface area (TPSA) is 48.7 Å². The molecule has 0 fully saturated rings. The minimum absolute atomic E-state index is 0.128. The molecule has 0 N–H and O–H groups in total. The molecule has 6 rings (SSSR count). The highest BCUT2D eigenvalue weighted by atomic mass is 16.7. The number of rotatable bonds is 2. The van der Waals surface area contributed by atoms with Gasteiger partial charge in [0, 0.05) is 17.2 Å². The highest BCUT2D eigenvalue weighted by Crippen LogP contribution is 2.41. The second-order valence-corrected chi connectivity index (χ2v) is 7.66. The molecule has 0 spiro atoms. The van der Waals surface area contributed by atoms with Crippen LogP contribution in [0.1, 0.15) is 29.9 Å². The van der Waals surface area contributed by atoms with E-state index >= 15 is 0 Å². The zero-order valence-electron chi connectivity index (χ0n) is 15.7. The lowest BCUT2D eigenvalue weighted by atomic mass is 9.81. The third-order valence-corrected chi connectivity index (χ3v) is 5.87. The third kappa shape index (κ3) is 2.71. The number of hydrogen-bond acceptors (Lipinski definition) is 4. The average molecular weight is 382 g/mol. The summed E-state index contributed by atoms with van der Waals surface area (Å²) in [5, 5.41) is 2.21. The number of carbonyl (C=O) groups excluding carboxylic acids is 1. The van der Waals surface area contributed by atoms with Crippen LogP contribution in [-0.4, -0.2) is 12.6 Å². The minimum atomic E-state index is 0.128. The SMILES string of the molecule is O=C1C=C(c2ccc3c(c2)oc2ccccc23)C[C@@H](c2ccc3c(c2)OCO3)C1. The van der Waals surface area contributed by atoms with E-state index in [1.165, 1.54) is 0 Å². The average Bonchev–Trinajstić information content (AvgIpc) is 3.36. The van der Waals surface area contributed by atoms with Gasteiger partial charge in [0.1, 0.15) is 11.2 Å². The molecule has 0 unspecified atom stereocenters. The number of ketones is 1. The first kappa shape index (κ1) is 16.4. The molecule has 0 radical (unpaired) electrons. The van der Waals surface area contributed by atoms with E-state index in [9.17, 15) is 4.79 Å². The summed E-state index contributed by atoms with van der Waals surface area (Å²) in [5.41, 5.74) is 4.92. The molecule has 0 amide bonds. The normalized spacial score (nSPS) is 18.4. The van der Waals surface area contributed by atoms with Gasteiger partial charge in [0.05, 0.1) is 0 Å². The van der Waals surface area contributed by atoms with E-state index in [0.717, 1.165) is 56.6 Å². The molecule has 0 saturated carbocycles. The Labute approximate surface area is 167 Å². The van der Waals surface area contributed by atoms with Crippen molar-refractivity contribution in [1.29, 1.82) is 0 Å². The molecule has 4 nitrogen and oxygen atoms in total. The maximum Gasteiger partial charge on any atom is 0.231 e. The van der Waals surface area contributed by atoms with Gasteiger partial charge in [0.25, 0.3) is 0 Å². The van der Waals surface area contributed by atoms with Gasteiger partial charge in [-0.05, 0) is 65.4 Å². The quantitative estimate of drug-likeness (QED) is 0.437. The molecule has 142 valence electrons. The van der Waals surface area contributed by atoms with Crippen molar-refractivity contribution in [3.8, 4) is 11.5 Å². The number of fused-ring (bicyclic) bond motifs is 4. The number of furan rings is 1. The van der Waals surface area contributed by atoms with Crippen LogP contribution in [0.15, 0.2) is 71.2 Å². The van der Waals surface area contributed by atoms with E-state index in [1.54, 1.807) is 6.08 Å². The van der Waals surface area contributed by atoms with Crippen molar-refractivity contribution >= 4 is 33.3 Å². The van der Waals surface area contributed by atoms with Crippen molar-refractivity contribution < 1.29 is 18.7 Å². The van der Waals surface area contributed by atoms with Gasteiger partial charge in [0.2, 0.25) is 6.79 Å². The zero-order valence-corrected chi connectivity index (χ0v) is 15.7. The van der Waals surface area contributed by atoms with Crippen molar-refractivity contribution in [1.82, 2.24) is 0 Å². The van der Waals surface area contributed by atoms with Crippen LogP contribution in [0.25, 0.3) is 27.5 Å². The van der Waals surface area contributed by atoms with E-state index in [2.05, 4.69) is 24.3 Å². The van der Waals surface area contributed by atoms with Crippen LogP contribution in [0.5, 0.6) is 11.5 Å². The number of carbonyl (C=O) groups is 1. The fourth-order valence-electron chi connectivity index (χ4n) is 4.42. The predicted octanol–water partition coefficient (Wildman–Crippen LogP) is 5.84. The molecular formula is C25H18O4. The van der Waals surface area contributed by atoms with E-state index < -0.39 is 0 Å². The highest BCUT2D eigenvalue weighted by Gasteiger charge is 2.25. The summed E-state index contributed by atoms with van der Waals surface area (Å²) in [6, 6.07) is 20.2.